The van der Waals surface area contributed by atoms with E-state index in [2.05, 4.69) is 9.88 Å². The van der Waals surface area contributed by atoms with Crippen molar-refractivity contribution in [1.82, 2.24) is 9.88 Å². The Kier molecular flexibility index (Phi) is 5.85. The van der Waals surface area contributed by atoms with Gasteiger partial charge in [0.05, 0.1) is 37.5 Å². The van der Waals surface area contributed by atoms with Crippen molar-refractivity contribution >= 4 is 17.3 Å². The van der Waals surface area contributed by atoms with Gasteiger partial charge in [0.25, 0.3) is 0 Å². The molecule has 0 aliphatic carbocycles. The lowest BCUT2D eigenvalue weighted by Crippen LogP contribution is -2.46. The molecule has 1 aliphatic heterocycles. The van der Waals surface area contributed by atoms with Crippen LogP contribution in [0.5, 0.6) is 5.75 Å². The average Bonchev–Trinajstić information content (AvgIpc) is 3.07. The van der Waals surface area contributed by atoms with E-state index in [-0.39, 0.29) is 17.2 Å². The number of hydrogen-bond acceptors (Lipinski definition) is 7. The van der Waals surface area contributed by atoms with Crippen molar-refractivity contribution in [3.63, 3.8) is 0 Å². The zero-order valence-corrected chi connectivity index (χ0v) is 15.8. The van der Waals surface area contributed by atoms with Gasteiger partial charge in [-0.05, 0) is 26.1 Å². The van der Waals surface area contributed by atoms with Crippen LogP contribution in [0.2, 0.25) is 0 Å². The van der Waals surface area contributed by atoms with Gasteiger partial charge >= 0.3 is 5.97 Å². The number of rotatable bonds is 5. The molecule has 1 aromatic carbocycles. The van der Waals surface area contributed by atoms with E-state index < -0.39 is 11.8 Å². The Morgan fingerprint density at radius 2 is 2.31 bits per heavy atom. The molecule has 0 unspecified atom stereocenters. The molecule has 1 saturated heterocycles. The summed E-state index contributed by atoms with van der Waals surface area (Å²) in [4.78, 5) is 19.3. The van der Waals surface area contributed by atoms with Crippen LogP contribution >= 0.6 is 11.3 Å². The molecule has 2 heterocycles. The van der Waals surface area contributed by atoms with Crippen molar-refractivity contribution in [2.75, 3.05) is 40.5 Å². The quantitative estimate of drug-likeness (QED) is 0.744. The van der Waals surface area contributed by atoms with Crippen LogP contribution in [-0.4, -0.2) is 62.4 Å². The summed E-state index contributed by atoms with van der Waals surface area (Å²) in [5, 5.41) is 0.494. The standard InChI is InChI=1S/C18H21FN2O4S/c1-11-8-20-17(26-11)14-6-13(7-15(16(14)19)18(22)23-3)25-10-12-9-24-5-4-21(12)2/h6-8,12H,4-5,9-10H2,1-3H3/t12-/m0/s1. The van der Waals surface area contributed by atoms with Gasteiger partial charge in [-0.2, -0.15) is 0 Å². The molecule has 1 aliphatic rings. The molecule has 1 fully saturated rings. The second-order valence-corrected chi connectivity index (χ2v) is 7.36. The Balaban J connectivity index is 1.90. The minimum atomic E-state index is -0.749. The van der Waals surface area contributed by atoms with E-state index >= 15 is 0 Å². The normalized spacial score (nSPS) is 17.9. The molecule has 26 heavy (non-hydrogen) atoms. The topological polar surface area (TPSA) is 60.9 Å². The highest BCUT2D eigenvalue weighted by atomic mass is 32.1. The summed E-state index contributed by atoms with van der Waals surface area (Å²) in [5.41, 5.74) is 0.0651. The number of ether oxygens (including phenoxy) is 3. The number of aromatic nitrogens is 1. The summed E-state index contributed by atoms with van der Waals surface area (Å²) in [5.74, 6) is -1.01. The average molecular weight is 380 g/mol. The summed E-state index contributed by atoms with van der Waals surface area (Å²) < 4.78 is 30.9. The maximum atomic E-state index is 14.8. The van der Waals surface area contributed by atoms with E-state index in [9.17, 15) is 9.18 Å². The molecule has 2 aromatic rings. The van der Waals surface area contributed by atoms with Gasteiger partial charge < -0.3 is 14.2 Å². The predicted molar refractivity (Wildman–Crippen MR) is 96.3 cm³/mol. The smallest absolute Gasteiger partial charge is 0.341 e. The highest BCUT2D eigenvalue weighted by molar-refractivity contribution is 7.14. The lowest BCUT2D eigenvalue weighted by molar-refractivity contribution is -0.0108. The summed E-state index contributed by atoms with van der Waals surface area (Å²) in [6.07, 6.45) is 1.67. The summed E-state index contributed by atoms with van der Waals surface area (Å²) in [6.45, 7) is 4.36. The first-order valence-corrected chi connectivity index (χ1v) is 9.06. The minimum absolute atomic E-state index is 0.0981. The highest BCUT2D eigenvalue weighted by Gasteiger charge is 2.23. The molecule has 0 bridgehead atoms. The number of esters is 1. The van der Waals surface area contributed by atoms with Crippen LogP contribution in [0.25, 0.3) is 10.6 Å². The Morgan fingerprint density at radius 3 is 2.96 bits per heavy atom. The van der Waals surface area contributed by atoms with Gasteiger partial charge in [-0.1, -0.05) is 0 Å². The summed E-state index contributed by atoms with van der Waals surface area (Å²) >= 11 is 1.35. The number of carbonyl (C=O) groups excluding carboxylic acids is 1. The molecular formula is C18H21FN2O4S. The third-order valence-corrected chi connectivity index (χ3v) is 5.21. The van der Waals surface area contributed by atoms with Crippen molar-refractivity contribution in [3.05, 3.63) is 34.6 Å². The van der Waals surface area contributed by atoms with E-state index in [1.165, 1.54) is 24.5 Å². The van der Waals surface area contributed by atoms with Gasteiger partial charge in [0.15, 0.2) is 0 Å². The lowest BCUT2D eigenvalue weighted by Gasteiger charge is -2.32. The Hall–Kier alpha value is -2.03. The fourth-order valence-electron chi connectivity index (χ4n) is 2.68. The van der Waals surface area contributed by atoms with E-state index in [1.807, 2.05) is 14.0 Å². The number of morpholine rings is 1. The Morgan fingerprint density at radius 1 is 1.50 bits per heavy atom. The van der Waals surface area contributed by atoms with Crippen LogP contribution in [0.3, 0.4) is 0 Å². The molecule has 6 nitrogen and oxygen atoms in total. The van der Waals surface area contributed by atoms with Crippen LogP contribution in [0, 0.1) is 12.7 Å². The number of halogens is 1. The Labute approximate surface area is 155 Å². The number of methoxy groups -OCH3 is 1. The zero-order chi connectivity index (χ0) is 18.7. The number of benzene rings is 1. The molecule has 0 spiro atoms. The molecule has 0 saturated carbocycles. The fraction of sp³-hybridized carbons (Fsp3) is 0.444. The van der Waals surface area contributed by atoms with Crippen LogP contribution < -0.4 is 4.74 Å². The van der Waals surface area contributed by atoms with Crippen molar-refractivity contribution in [2.24, 2.45) is 0 Å². The second kappa shape index (κ2) is 8.11. The van der Waals surface area contributed by atoms with Crippen LogP contribution in [0.1, 0.15) is 15.2 Å². The summed E-state index contributed by atoms with van der Waals surface area (Å²) in [6, 6.07) is 3.04. The minimum Gasteiger partial charge on any atom is -0.492 e. The molecular weight excluding hydrogens is 359 g/mol. The third-order valence-electron chi connectivity index (χ3n) is 4.27. The monoisotopic (exact) mass is 380 g/mol. The van der Waals surface area contributed by atoms with Gasteiger partial charge in [0.1, 0.15) is 23.2 Å². The molecule has 8 heteroatoms. The number of likely N-dealkylation sites (N-methyl/N-ethyl adjacent to an activating group) is 1. The molecule has 0 radical (unpaired) electrons. The van der Waals surface area contributed by atoms with E-state index in [4.69, 9.17) is 14.2 Å². The van der Waals surface area contributed by atoms with Crippen molar-refractivity contribution in [2.45, 2.75) is 13.0 Å². The van der Waals surface area contributed by atoms with Gasteiger partial charge in [0.2, 0.25) is 0 Å². The molecule has 1 aromatic heterocycles. The first kappa shape index (κ1) is 18.8. The van der Waals surface area contributed by atoms with E-state index in [1.54, 1.807) is 12.3 Å². The Bertz CT molecular complexity index is 795. The number of hydrogen-bond donors (Lipinski definition) is 0. The number of thiazole rings is 1. The fourth-order valence-corrected chi connectivity index (χ4v) is 3.45. The van der Waals surface area contributed by atoms with Gasteiger partial charge in [-0.25, -0.2) is 14.2 Å². The highest BCUT2D eigenvalue weighted by Crippen LogP contribution is 2.33. The third kappa shape index (κ3) is 4.03. The number of nitrogens with zero attached hydrogens (tertiary/aromatic N) is 2. The van der Waals surface area contributed by atoms with Gasteiger partial charge in [-0.15, -0.1) is 11.3 Å². The first-order chi connectivity index (χ1) is 12.5. The molecule has 3 rings (SSSR count). The molecule has 0 N–H and O–H groups in total. The van der Waals surface area contributed by atoms with Crippen molar-refractivity contribution in [3.8, 4) is 16.3 Å². The van der Waals surface area contributed by atoms with E-state index in [0.717, 1.165) is 11.4 Å². The number of carbonyl (C=O) groups is 1. The van der Waals surface area contributed by atoms with Gasteiger partial charge in [0, 0.05) is 17.6 Å². The van der Waals surface area contributed by atoms with Crippen molar-refractivity contribution in [1.29, 1.82) is 0 Å². The van der Waals surface area contributed by atoms with Crippen LogP contribution in [0.4, 0.5) is 4.39 Å². The van der Waals surface area contributed by atoms with Crippen molar-refractivity contribution < 1.29 is 23.4 Å². The van der Waals surface area contributed by atoms with E-state index in [0.29, 0.717) is 30.6 Å². The summed E-state index contributed by atoms with van der Waals surface area (Å²) in [7, 11) is 3.22. The number of aryl methyl sites for hydroxylation is 1. The molecule has 0 amide bonds. The largest absolute Gasteiger partial charge is 0.492 e. The van der Waals surface area contributed by atoms with Crippen LogP contribution in [-0.2, 0) is 9.47 Å². The maximum Gasteiger partial charge on any atom is 0.341 e. The van der Waals surface area contributed by atoms with Gasteiger partial charge in [-0.3, -0.25) is 4.90 Å². The predicted octanol–water partition coefficient (Wildman–Crippen LogP) is 2.75. The maximum absolute atomic E-state index is 14.8. The lowest BCUT2D eigenvalue weighted by atomic mass is 10.1. The molecule has 140 valence electrons. The first-order valence-electron chi connectivity index (χ1n) is 8.25. The molecule has 1 atom stereocenters. The second-order valence-electron chi connectivity index (χ2n) is 6.12. The van der Waals surface area contributed by atoms with Crippen LogP contribution in [0.15, 0.2) is 18.3 Å². The zero-order valence-electron chi connectivity index (χ0n) is 15.0. The SMILES string of the molecule is COC(=O)c1cc(OC[C@@H]2COCCN2C)cc(-c2ncc(C)s2)c1F.